The van der Waals surface area contributed by atoms with E-state index in [0.29, 0.717) is 42.6 Å². The van der Waals surface area contributed by atoms with Crippen LogP contribution in [-0.2, 0) is 10.0 Å². The van der Waals surface area contributed by atoms with Gasteiger partial charge in [0.05, 0.1) is 29.4 Å². The van der Waals surface area contributed by atoms with Gasteiger partial charge in [-0.25, -0.2) is 27.7 Å². The second-order valence-corrected chi connectivity index (χ2v) is 9.51. The Labute approximate surface area is 165 Å². The van der Waals surface area contributed by atoms with Crippen molar-refractivity contribution in [3.05, 3.63) is 23.2 Å². The summed E-state index contributed by atoms with van der Waals surface area (Å²) in [7, 11) is -3.13. The number of aromatic nitrogens is 4. The van der Waals surface area contributed by atoms with Crippen LogP contribution in [0.4, 0.5) is 5.95 Å². The number of aryl methyl sites for hydroxylation is 1. The van der Waals surface area contributed by atoms with Crippen LogP contribution in [0.3, 0.4) is 0 Å². The number of piperidine rings is 1. The van der Waals surface area contributed by atoms with E-state index in [2.05, 4.69) is 38.7 Å². The molecule has 8 nitrogen and oxygen atoms in total. The van der Waals surface area contributed by atoms with Crippen molar-refractivity contribution in [2.75, 3.05) is 24.7 Å². The van der Waals surface area contributed by atoms with Crippen molar-refractivity contribution in [2.24, 2.45) is 0 Å². The minimum absolute atomic E-state index is 0.119. The third-order valence-corrected chi connectivity index (χ3v) is 6.32. The highest BCUT2D eigenvalue weighted by atomic mass is 35.5. The summed E-state index contributed by atoms with van der Waals surface area (Å²) in [6, 6.07) is 0.346. The maximum atomic E-state index is 11.6. The summed E-state index contributed by atoms with van der Waals surface area (Å²) in [6.45, 7) is 7.11. The number of anilines is 1. The number of nitrogens with zero attached hydrogens (tertiary/aromatic N) is 5. The van der Waals surface area contributed by atoms with Gasteiger partial charge in [-0.2, -0.15) is 0 Å². The minimum atomic E-state index is -3.13. The van der Waals surface area contributed by atoms with Gasteiger partial charge in [-0.05, 0) is 33.6 Å². The highest BCUT2D eigenvalue weighted by Gasteiger charge is 2.25. The van der Waals surface area contributed by atoms with Gasteiger partial charge in [0.25, 0.3) is 0 Å². The molecule has 1 aliphatic rings. The first kappa shape index (κ1) is 20.0. The largest absolute Gasteiger partial charge is 0.351 e. The highest BCUT2D eigenvalue weighted by Crippen LogP contribution is 2.29. The van der Waals surface area contributed by atoms with Gasteiger partial charge in [0, 0.05) is 25.2 Å². The van der Waals surface area contributed by atoms with E-state index in [0.717, 1.165) is 11.5 Å². The van der Waals surface area contributed by atoms with Gasteiger partial charge in [-0.1, -0.05) is 11.6 Å². The van der Waals surface area contributed by atoms with Crippen LogP contribution in [-0.4, -0.2) is 57.6 Å². The Balaban J connectivity index is 1.79. The first-order valence-electron chi connectivity index (χ1n) is 8.95. The molecule has 3 heterocycles. The molecule has 1 saturated heterocycles. The van der Waals surface area contributed by atoms with Gasteiger partial charge in [-0.15, -0.1) is 0 Å². The molecule has 27 heavy (non-hydrogen) atoms. The fraction of sp³-hybridized carbons (Fsp3) is 0.588. The molecule has 0 unspecified atom stereocenters. The van der Waals surface area contributed by atoms with E-state index < -0.39 is 10.0 Å². The Bertz CT molecular complexity index is 920. The molecule has 1 fully saturated rings. The fourth-order valence-corrected chi connectivity index (χ4v) is 4.47. The lowest BCUT2D eigenvalue weighted by Crippen LogP contribution is -2.42. The SMILES string of the molecule is Cc1ncc(-c2nc(NC3CCN(S(C)(=O)=O)CC3)ncc2Cl)n1C(C)C. The first-order chi connectivity index (χ1) is 12.7. The molecule has 0 saturated carbocycles. The van der Waals surface area contributed by atoms with Crippen molar-refractivity contribution >= 4 is 27.6 Å². The van der Waals surface area contributed by atoms with Crippen molar-refractivity contribution < 1.29 is 8.42 Å². The highest BCUT2D eigenvalue weighted by molar-refractivity contribution is 7.88. The van der Waals surface area contributed by atoms with Crippen LogP contribution in [0.5, 0.6) is 0 Å². The molecule has 0 radical (unpaired) electrons. The minimum Gasteiger partial charge on any atom is -0.351 e. The molecule has 0 atom stereocenters. The summed E-state index contributed by atoms with van der Waals surface area (Å²) in [6.07, 6.45) is 6.02. The van der Waals surface area contributed by atoms with E-state index in [9.17, 15) is 8.42 Å². The number of rotatable bonds is 5. The standard InChI is InChI=1S/C17H25ClN6O2S/c1-11(2)24-12(3)19-10-15(24)16-14(18)9-20-17(22-16)21-13-5-7-23(8-6-13)27(4,25)26/h9-11,13H,5-8H2,1-4H3,(H,20,21,22). The first-order valence-corrected chi connectivity index (χ1v) is 11.2. The molecular weight excluding hydrogens is 388 g/mol. The lowest BCUT2D eigenvalue weighted by Gasteiger charge is -2.30. The molecule has 148 valence electrons. The van der Waals surface area contributed by atoms with Crippen LogP contribution in [0.1, 0.15) is 38.6 Å². The quantitative estimate of drug-likeness (QED) is 0.811. The van der Waals surface area contributed by atoms with Crippen LogP contribution in [0.2, 0.25) is 5.02 Å². The summed E-state index contributed by atoms with van der Waals surface area (Å²) in [5.74, 6) is 1.39. The Morgan fingerprint density at radius 2 is 1.89 bits per heavy atom. The predicted octanol–water partition coefficient (Wildman–Crippen LogP) is 2.72. The summed E-state index contributed by atoms with van der Waals surface area (Å²) in [5, 5.41) is 3.78. The van der Waals surface area contributed by atoms with Crippen molar-refractivity contribution in [3.8, 4) is 11.4 Å². The van der Waals surface area contributed by atoms with Crippen molar-refractivity contribution in [1.82, 2.24) is 23.8 Å². The third-order valence-electron chi connectivity index (χ3n) is 4.74. The number of nitrogens with one attached hydrogen (secondary N) is 1. The topological polar surface area (TPSA) is 93.0 Å². The van der Waals surface area contributed by atoms with Crippen LogP contribution >= 0.6 is 11.6 Å². The van der Waals surface area contributed by atoms with Gasteiger partial charge < -0.3 is 9.88 Å². The van der Waals surface area contributed by atoms with E-state index in [1.165, 1.54) is 10.6 Å². The van der Waals surface area contributed by atoms with Gasteiger partial charge in [0.15, 0.2) is 0 Å². The van der Waals surface area contributed by atoms with Gasteiger partial charge in [0.1, 0.15) is 11.5 Å². The lowest BCUT2D eigenvalue weighted by molar-refractivity contribution is 0.331. The number of hydrogen-bond donors (Lipinski definition) is 1. The molecule has 10 heteroatoms. The number of hydrogen-bond acceptors (Lipinski definition) is 6. The predicted molar refractivity (Wildman–Crippen MR) is 106 cm³/mol. The van der Waals surface area contributed by atoms with Crippen LogP contribution in [0.15, 0.2) is 12.4 Å². The van der Waals surface area contributed by atoms with E-state index in [1.54, 1.807) is 12.4 Å². The average Bonchev–Trinajstić information content (AvgIpc) is 2.98. The maximum absolute atomic E-state index is 11.6. The zero-order valence-electron chi connectivity index (χ0n) is 16.0. The second kappa shape index (κ2) is 7.73. The fourth-order valence-electron chi connectivity index (χ4n) is 3.41. The normalized spacial score (nSPS) is 16.8. The summed E-state index contributed by atoms with van der Waals surface area (Å²) >= 11 is 6.36. The average molecular weight is 413 g/mol. The van der Waals surface area contributed by atoms with Crippen molar-refractivity contribution in [3.63, 3.8) is 0 Å². The van der Waals surface area contributed by atoms with Crippen LogP contribution in [0, 0.1) is 6.92 Å². The third kappa shape index (κ3) is 4.41. The Kier molecular flexibility index (Phi) is 5.73. The number of sulfonamides is 1. The summed E-state index contributed by atoms with van der Waals surface area (Å²) < 4.78 is 26.9. The molecule has 0 aromatic carbocycles. The molecule has 2 aromatic heterocycles. The van der Waals surface area contributed by atoms with Crippen LogP contribution < -0.4 is 5.32 Å². The molecular formula is C17H25ClN6O2S. The van der Waals surface area contributed by atoms with E-state index in [1.807, 2.05) is 6.92 Å². The van der Waals surface area contributed by atoms with E-state index in [4.69, 9.17) is 11.6 Å². The molecule has 2 aromatic rings. The Morgan fingerprint density at radius 3 is 2.48 bits per heavy atom. The lowest BCUT2D eigenvalue weighted by atomic mass is 10.1. The van der Waals surface area contributed by atoms with Crippen molar-refractivity contribution in [1.29, 1.82) is 0 Å². The number of imidazole rings is 1. The molecule has 0 aliphatic carbocycles. The molecule has 1 N–H and O–H groups in total. The zero-order valence-corrected chi connectivity index (χ0v) is 17.5. The zero-order chi connectivity index (χ0) is 19.8. The number of halogens is 1. The summed E-state index contributed by atoms with van der Waals surface area (Å²) in [4.78, 5) is 13.3. The smallest absolute Gasteiger partial charge is 0.223 e. The maximum Gasteiger partial charge on any atom is 0.223 e. The molecule has 0 bridgehead atoms. The van der Waals surface area contributed by atoms with E-state index >= 15 is 0 Å². The molecule has 0 spiro atoms. The monoisotopic (exact) mass is 412 g/mol. The Morgan fingerprint density at radius 1 is 1.22 bits per heavy atom. The Hall–Kier alpha value is -1.71. The van der Waals surface area contributed by atoms with Crippen molar-refractivity contribution in [2.45, 2.75) is 45.7 Å². The van der Waals surface area contributed by atoms with Gasteiger partial charge >= 0.3 is 0 Å². The van der Waals surface area contributed by atoms with Crippen LogP contribution in [0.25, 0.3) is 11.4 Å². The molecule has 0 amide bonds. The van der Waals surface area contributed by atoms with Gasteiger partial charge in [0.2, 0.25) is 16.0 Å². The summed E-state index contributed by atoms with van der Waals surface area (Å²) in [5.41, 5.74) is 1.49. The van der Waals surface area contributed by atoms with Gasteiger partial charge in [-0.3, -0.25) is 0 Å². The molecule has 3 rings (SSSR count). The molecule has 1 aliphatic heterocycles. The van der Waals surface area contributed by atoms with E-state index in [-0.39, 0.29) is 12.1 Å². The second-order valence-electron chi connectivity index (χ2n) is 7.13.